The average Bonchev–Trinajstić information content (AvgIpc) is 2.39. The van der Waals surface area contributed by atoms with E-state index in [1.165, 1.54) is 37.5 Å². The molecule has 0 radical (unpaired) electrons. The van der Waals surface area contributed by atoms with Gasteiger partial charge in [-0.05, 0) is 36.6 Å². The standard InChI is InChI=1S/C15H18FNO/c16-13-9-6-12(7-10-13)8-11-15(18)17-14-4-2-1-3-5-14/h6-11,14H,1-5H2,(H,17,18). The summed E-state index contributed by atoms with van der Waals surface area (Å²) < 4.78 is 12.7. The molecule has 1 aromatic carbocycles. The van der Waals surface area contributed by atoms with E-state index in [-0.39, 0.29) is 11.7 Å². The zero-order chi connectivity index (χ0) is 12.8. The molecule has 1 fully saturated rings. The van der Waals surface area contributed by atoms with Crippen LogP contribution >= 0.6 is 0 Å². The van der Waals surface area contributed by atoms with E-state index in [4.69, 9.17) is 0 Å². The van der Waals surface area contributed by atoms with E-state index < -0.39 is 0 Å². The first-order valence-electron chi connectivity index (χ1n) is 6.48. The van der Waals surface area contributed by atoms with Gasteiger partial charge in [-0.3, -0.25) is 4.79 Å². The van der Waals surface area contributed by atoms with Crippen LogP contribution in [0.3, 0.4) is 0 Å². The highest BCUT2D eigenvalue weighted by molar-refractivity contribution is 5.91. The third kappa shape index (κ3) is 3.99. The number of carbonyl (C=O) groups is 1. The molecule has 1 amide bonds. The molecule has 0 bridgehead atoms. The molecule has 1 N–H and O–H groups in total. The molecule has 0 aliphatic heterocycles. The van der Waals surface area contributed by atoms with Crippen LogP contribution in [-0.4, -0.2) is 11.9 Å². The van der Waals surface area contributed by atoms with Crippen LogP contribution in [0.25, 0.3) is 6.08 Å². The lowest BCUT2D eigenvalue weighted by molar-refractivity contribution is -0.117. The van der Waals surface area contributed by atoms with E-state index in [0.717, 1.165) is 18.4 Å². The molecule has 1 saturated carbocycles. The number of carbonyl (C=O) groups excluding carboxylic acids is 1. The molecule has 1 aliphatic carbocycles. The molecule has 0 heterocycles. The third-order valence-corrected chi connectivity index (χ3v) is 3.25. The van der Waals surface area contributed by atoms with Gasteiger partial charge >= 0.3 is 0 Å². The number of hydrogen-bond donors (Lipinski definition) is 1. The summed E-state index contributed by atoms with van der Waals surface area (Å²) in [7, 11) is 0. The second-order valence-electron chi connectivity index (χ2n) is 4.73. The first-order chi connectivity index (χ1) is 8.74. The van der Waals surface area contributed by atoms with Crippen LogP contribution in [0.2, 0.25) is 0 Å². The van der Waals surface area contributed by atoms with Crippen LogP contribution in [0.15, 0.2) is 30.3 Å². The van der Waals surface area contributed by atoms with Crippen molar-refractivity contribution in [1.29, 1.82) is 0 Å². The number of halogens is 1. The van der Waals surface area contributed by atoms with Gasteiger partial charge in [0.2, 0.25) is 5.91 Å². The van der Waals surface area contributed by atoms with Crippen molar-refractivity contribution in [2.75, 3.05) is 0 Å². The largest absolute Gasteiger partial charge is 0.350 e. The SMILES string of the molecule is O=C(C=Cc1ccc(F)cc1)NC1CCCCC1. The van der Waals surface area contributed by atoms with Gasteiger partial charge in [0.05, 0.1) is 0 Å². The van der Waals surface area contributed by atoms with Crippen LogP contribution in [0.1, 0.15) is 37.7 Å². The van der Waals surface area contributed by atoms with Crippen LogP contribution < -0.4 is 5.32 Å². The smallest absolute Gasteiger partial charge is 0.244 e. The summed E-state index contributed by atoms with van der Waals surface area (Å²) in [4.78, 5) is 11.7. The highest BCUT2D eigenvalue weighted by Gasteiger charge is 2.13. The van der Waals surface area contributed by atoms with Gasteiger partial charge in [-0.25, -0.2) is 4.39 Å². The predicted molar refractivity (Wildman–Crippen MR) is 70.4 cm³/mol. The van der Waals surface area contributed by atoms with Gasteiger partial charge in [-0.1, -0.05) is 31.4 Å². The summed E-state index contributed by atoms with van der Waals surface area (Å²) in [5.41, 5.74) is 0.829. The van der Waals surface area contributed by atoms with Gasteiger partial charge in [0.1, 0.15) is 5.82 Å². The van der Waals surface area contributed by atoms with Crippen molar-refractivity contribution in [3.05, 3.63) is 41.7 Å². The minimum absolute atomic E-state index is 0.0637. The van der Waals surface area contributed by atoms with E-state index in [0.29, 0.717) is 6.04 Å². The summed E-state index contributed by atoms with van der Waals surface area (Å²) in [6, 6.07) is 6.40. The van der Waals surface area contributed by atoms with E-state index >= 15 is 0 Å². The maximum absolute atomic E-state index is 12.7. The molecule has 0 spiro atoms. The van der Waals surface area contributed by atoms with Crippen molar-refractivity contribution in [2.24, 2.45) is 0 Å². The normalized spacial score (nSPS) is 16.9. The van der Waals surface area contributed by atoms with Crippen molar-refractivity contribution < 1.29 is 9.18 Å². The monoisotopic (exact) mass is 247 g/mol. The Morgan fingerprint density at radius 1 is 1.17 bits per heavy atom. The van der Waals surface area contributed by atoms with Crippen molar-refractivity contribution in [1.82, 2.24) is 5.32 Å². The molecule has 0 atom stereocenters. The van der Waals surface area contributed by atoms with Gasteiger partial charge < -0.3 is 5.32 Å². The predicted octanol–water partition coefficient (Wildman–Crippen LogP) is 3.29. The highest BCUT2D eigenvalue weighted by atomic mass is 19.1. The molecule has 2 nitrogen and oxygen atoms in total. The van der Waals surface area contributed by atoms with Crippen molar-refractivity contribution in [3.63, 3.8) is 0 Å². The Morgan fingerprint density at radius 3 is 2.50 bits per heavy atom. The summed E-state index contributed by atoms with van der Waals surface area (Å²) in [6.45, 7) is 0. The molecule has 0 unspecified atom stereocenters. The molecule has 18 heavy (non-hydrogen) atoms. The Bertz CT molecular complexity index is 419. The summed E-state index contributed by atoms with van der Waals surface area (Å²) >= 11 is 0. The van der Waals surface area contributed by atoms with Gasteiger partial charge in [-0.15, -0.1) is 0 Å². The zero-order valence-corrected chi connectivity index (χ0v) is 10.4. The summed E-state index contributed by atoms with van der Waals surface area (Å²) in [6.07, 6.45) is 9.06. The lowest BCUT2D eigenvalue weighted by atomic mass is 9.95. The van der Waals surface area contributed by atoms with Crippen LogP contribution in [0, 0.1) is 5.82 Å². The summed E-state index contributed by atoms with van der Waals surface area (Å²) in [5.74, 6) is -0.329. The minimum Gasteiger partial charge on any atom is -0.350 e. The number of rotatable bonds is 3. The van der Waals surface area contributed by atoms with Crippen molar-refractivity contribution in [2.45, 2.75) is 38.1 Å². The van der Waals surface area contributed by atoms with Crippen LogP contribution in [0.5, 0.6) is 0 Å². The maximum Gasteiger partial charge on any atom is 0.244 e. The average molecular weight is 247 g/mol. The van der Waals surface area contributed by atoms with Gasteiger partial charge in [-0.2, -0.15) is 0 Å². The third-order valence-electron chi connectivity index (χ3n) is 3.25. The van der Waals surface area contributed by atoms with Gasteiger partial charge in [0.15, 0.2) is 0 Å². The number of hydrogen-bond acceptors (Lipinski definition) is 1. The number of amides is 1. The molecule has 2 rings (SSSR count). The highest BCUT2D eigenvalue weighted by Crippen LogP contribution is 2.17. The number of benzene rings is 1. The molecular formula is C15H18FNO. The van der Waals surface area contributed by atoms with Crippen LogP contribution in [0.4, 0.5) is 4.39 Å². The van der Waals surface area contributed by atoms with E-state index in [2.05, 4.69) is 5.32 Å². The van der Waals surface area contributed by atoms with Crippen molar-refractivity contribution in [3.8, 4) is 0 Å². The lowest BCUT2D eigenvalue weighted by Crippen LogP contribution is -2.34. The van der Waals surface area contributed by atoms with Gasteiger partial charge in [0.25, 0.3) is 0 Å². The second-order valence-corrected chi connectivity index (χ2v) is 4.73. The Hall–Kier alpha value is -1.64. The van der Waals surface area contributed by atoms with Crippen molar-refractivity contribution >= 4 is 12.0 Å². The minimum atomic E-state index is -0.265. The Labute approximate surface area is 107 Å². The molecular weight excluding hydrogens is 229 g/mol. The van der Waals surface area contributed by atoms with E-state index in [1.807, 2.05) is 0 Å². The quantitative estimate of drug-likeness (QED) is 0.816. The topological polar surface area (TPSA) is 29.1 Å². The maximum atomic E-state index is 12.7. The zero-order valence-electron chi connectivity index (χ0n) is 10.4. The Kier molecular flexibility index (Phi) is 4.51. The fourth-order valence-corrected chi connectivity index (χ4v) is 2.24. The molecule has 3 heteroatoms. The fraction of sp³-hybridized carbons (Fsp3) is 0.400. The Morgan fingerprint density at radius 2 is 1.83 bits per heavy atom. The lowest BCUT2D eigenvalue weighted by Gasteiger charge is -2.21. The molecule has 96 valence electrons. The fourth-order valence-electron chi connectivity index (χ4n) is 2.24. The molecule has 1 aliphatic rings. The van der Waals surface area contributed by atoms with E-state index in [1.54, 1.807) is 18.2 Å². The molecule has 1 aromatic rings. The first kappa shape index (κ1) is 12.8. The Balaban J connectivity index is 1.84. The number of nitrogens with one attached hydrogen (secondary N) is 1. The molecule has 0 aromatic heterocycles. The summed E-state index contributed by atoms with van der Waals surface area (Å²) in [5, 5.41) is 3.00. The van der Waals surface area contributed by atoms with Gasteiger partial charge in [0, 0.05) is 12.1 Å². The first-order valence-corrected chi connectivity index (χ1v) is 6.48. The molecule has 0 saturated heterocycles. The van der Waals surface area contributed by atoms with Crippen LogP contribution in [-0.2, 0) is 4.79 Å². The second kappa shape index (κ2) is 6.34. The van der Waals surface area contributed by atoms with E-state index in [9.17, 15) is 9.18 Å².